The van der Waals surface area contributed by atoms with E-state index in [9.17, 15) is 18.0 Å². The fourth-order valence-electron chi connectivity index (χ4n) is 2.86. The van der Waals surface area contributed by atoms with Crippen LogP contribution in [0.25, 0.3) is 5.69 Å². The van der Waals surface area contributed by atoms with Gasteiger partial charge in [-0.15, -0.1) is 5.10 Å². The van der Waals surface area contributed by atoms with E-state index in [0.29, 0.717) is 31.1 Å². The van der Waals surface area contributed by atoms with Gasteiger partial charge in [-0.05, 0) is 12.1 Å². The van der Waals surface area contributed by atoms with Crippen molar-refractivity contribution in [2.24, 2.45) is 0 Å². The lowest BCUT2D eigenvalue weighted by atomic mass is 10.1. The molecule has 7 nitrogen and oxygen atoms in total. The molecule has 4 rings (SSSR count). The molecule has 2 aromatic carbocycles. The average molecular weight is 439 g/mol. The molecule has 0 unspecified atom stereocenters. The highest BCUT2D eigenvalue weighted by Crippen LogP contribution is 2.38. The molecule has 0 spiro atoms. The minimum Gasteiger partial charge on any atom is -0.490 e. The Kier molecular flexibility index (Phi) is 5.25. The van der Waals surface area contributed by atoms with E-state index in [1.54, 1.807) is 0 Å². The highest BCUT2D eigenvalue weighted by molar-refractivity contribution is 6.34. The van der Waals surface area contributed by atoms with Crippen molar-refractivity contribution >= 4 is 23.2 Å². The van der Waals surface area contributed by atoms with Crippen LogP contribution in [0.3, 0.4) is 0 Å². The second-order valence-electron chi connectivity index (χ2n) is 6.35. The van der Waals surface area contributed by atoms with Gasteiger partial charge in [-0.25, -0.2) is 4.68 Å². The Morgan fingerprint density at radius 3 is 2.57 bits per heavy atom. The standard InChI is InChI=1S/C19H14ClF3N4O3/c20-12-8-16-17(30-7-3-6-29-16)9-13(12)24-18(28)14-10-27(26-25-14)15-5-2-1-4-11(15)19(21,22)23/h1-2,4-5,8-10H,3,6-7H2,(H,24,28). The third-order valence-electron chi connectivity index (χ3n) is 4.27. The van der Waals surface area contributed by atoms with E-state index >= 15 is 0 Å². The van der Waals surface area contributed by atoms with Gasteiger partial charge in [0.15, 0.2) is 17.2 Å². The van der Waals surface area contributed by atoms with Crippen molar-refractivity contribution in [2.45, 2.75) is 12.6 Å². The Morgan fingerprint density at radius 1 is 1.13 bits per heavy atom. The van der Waals surface area contributed by atoms with Gasteiger partial charge < -0.3 is 14.8 Å². The maximum absolute atomic E-state index is 13.2. The van der Waals surface area contributed by atoms with E-state index in [-0.39, 0.29) is 22.1 Å². The zero-order valence-electron chi connectivity index (χ0n) is 15.2. The Morgan fingerprint density at radius 2 is 1.83 bits per heavy atom. The fourth-order valence-corrected chi connectivity index (χ4v) is 3.07. The molecule has 1 aliphatic rings. The van der Waals surface area contributed by atoms with Crippen LogP contribution < -0.4 is 14.8 Å². The van der Waals surface area contributed by atoms with Crippen LogP contribution in [0.5, 0.6) is 11.5 Å². The smallest absolute Gasteiger partial charge is 0.418 e. The van der Waals surface area contributed by atoms with Gasteiger partial charge >= 0.3 is 6.18 Å². The van der Waals surface area contributed by atoms with Crippen molar-refractivity contribution in [1.29, 1.82) is 0 Å². The number of rotatable bonds is 3. The molecule has 3 aromatic rings. The summed E-state index contributed by atoms with van der Waals surface area (Å²) in [5.74, 6) is 0.197. The van der Waals surface area contributed by atoms with Crippen LogP contribution in [0.15, 0.2) is 42.6 Å². The summed E-state index contributed by atoms with van der Waals surface area (Å²) in [7, 11) is 0. The van der Waals surface area contributed by atoms with Gasteiger partial charge in [0.05, 0.1) is 41.4 Å². The molecule has 1 aromatic heterocycles. The van der Waals surface area contributed by atoms with Crippen LogP contribution in [0, 0.1) is 0 Å². The van der Waals surface area contributed by atoms with E-state index in [2.05, 4.69) is 15.6 Å². The predicted octanol–water partition coefficient (Wildman–Crippen LogP) is 4.35. The number of carbonyl (C=O) groups is 1. The van der Waals surface area contributed by atoms with E-state index in [1.807, 2.05) is 0 Å². The molecule has 2 heterocycles. The molecular weight excluding hydrogens is 425 g/mol. The van der Waals surface area contributed by atoms with Gasteiger partial charge in [-0.1, -0.05) is 28.9 Å². The Hall–Kier alpha value is -3.27. The first-order valence-corrected chi connectivity index (χ1v) is 9.20. The van der Waals surface area contributed by atoms with E-state index in [0.717, 1.165) is 16.9 Å². The number of nitrogens with zero attached hydrogens (tertiary/aromatic N) is 3. The monoisotopic (exact) mass is 438 g/mol. The molecule has 1 amide bonds. The van der Waals surface area contributed by atoms with Gasteiger partial charge in [0.1, 0.15) is 0 Å². The Bertz CT molecular complexity index is 1100. The molecular formula is C19H14ClF3N4O3. The van der Waals surface area contributed by atoms with Crippen LogP contribution in [0.4, 0.5) is 18.9 Å². The second kappa shape index (κ2) is 7.86. The second-order valence-corrected chi connectivity index (χ2v) is 6.75. The average Bonchev–Trinajstić information content (AvgIpc) is 3.09. The van der Waals surface area contributed by atoms with Gasteiger partial charge in [0, 0.05) is 18.6 Å². The summed E-state index contributed by atoms with van der Waals surface area (Å²) in [4.78, 5) is 12.5. The summed E-state index contributed by atoms with van der Waals surface area (Å²) in [6.07, 6.45) is -2.77. The quantitative estimate of drug-likeness (QED) is 0.657. The molecule has 0 fully saturated rings. The number of nitrogens with one attached hydrogen (secondary N) is 1. The number of para-hydroxylation sites is 1. The minimum absolute atomic E-state index is 0.185. The topological polar surface area (TPSA) is 78.3 Å². The van der Waals surface area contributed by atoms with Crippen LogP contribution in [-0.2, 0) is 6.18 Å². The number of carbonyl (C=O) groups excluding carboxylic acids is 1. The molecule has 156 valence electrons. The molecule has 0 saturated carbocycles. The number of amides is 1. The Balaban J connectivity index is 1.59. The molecule has 0 atom stereocenters. The SMILES string of the molecule is O=C(Nc1cc2c(cc1Cl)OCCCO2)c1cn(-c2ccccc2C(F)(F)F)nn1. The van der Waals surface area contributed by atoms with Crippen molar-refractivity contribution in [3.05, 3.63) is 58.9 Å². The van der Waals surface area contributed by atoms with E-state index in [1.165, 1.54) is 30.3 Å². The highest BCUT2D eigenvalue weighted by Gasteiger charge is 2.34. The number of fused-ring (bicyclic) bond motifs is 1. The summed E-state index contributed by atoms with van der Waals surface area (Å²) in [5, 5.41) is 10.1. The number of hydrogen-bond donors (Lipinski definition) is 1. The molecule has 1 aliphatic heterocycles. The lowest BCUT2D eigenvalue weighted by Gasteiger charge is -2.12. The number of aromatic nitrogens is 3. The van der Waals surface area contributed by atoms with Crippen molar-refractivity contribution < 1.29 is 27.4 Å². The summed E-state index contributed by atoms with van der Waals surface area (Å²) < 4.78 is 51.6. The number of ether oxygens (including phenoxy) is 2. The predicted molar refractivity (Wildman–Crippen MR) is 101 cm³/mol. The van der Waals surface area contributed by atoms with E-state index < -0.39 is 17.6 Å². The molecule has 0 bridgehead atoms. The van der Waals surface area contributed by atoms with Crippen LogP contribution in [0.1, 0.15) is 22.5 Å². The number of anilines is 1. The van der Waals surface area contributed by atoms with Crippen molar-refractivity contribution in [3.8, 4) is 17.2 Å². The van der Waals surface area contributed by atoms with Crippen molar-refractivity contribution in [3.63, 3.8) is 0 Å². The molecule has 0 radical (unpaired) electrons. The number of benzene rings is 2. The molecule has 0 aliphatic carbocycles. The van der Waals surface area contributed by atoms with Gasteiger partial charge in [-0.2, -0.15) is 13.2 Å². The summed E-state index contributed by atoms with van der Waals surface area (Å²) in [6.45, 7) is 0.937. The zero-order valence-corrected chi connectivity index (χ0v) is 16.0. The van der Waals surface area contributed by atoms with E-state index in [4.69, 9.17) is 21.1 Å². The molecule has 0 saturated heterocycles. The highest BCUT2D eigenvalue weighted by atomic mass is 35.5. The largest absolute Gasteiger partial charge is 0.490 e. The van der Waals surface area contributed by atoms with Crippen LogP contribution in [-0.4, -0.2) is 34.1 Å². The third kappa shape index (κ3) is 4.04. The minimum atomic E-state index is -4.58. The molecule has 1 N–H and O–H groups in total. The van der Waals surface area contributed by atoms with Crippen molar-refractivity contribution in [2.75, 3.05) is 18.5 Å². The first-order valence-electron chi connectivity index (χ1n) is 8.82. The van der Waals surface area contributed by atoms with Crippen LogP contribution >= 0.6 is 11.6 Å². The van der Waals surface area contributed by atoms with Crippen LogP contribution in [0.2, 0.25) is 5.02 Å². The maximum Gasteiger partial charge on any atom is 0.418 e. The zero-order chi connectivity index (χ0) is 21.3. The van der Waals surface area contributed by atoms with Gasteiger partial charge in [0.2, 0.25) is 0 Å². The third-order valence-corrected chi connectivity index (χ3v) is 4.58. The number of halogens is 4. The summed E-state index contributed by atoms with van der Waals surface area (Å²) in [6, 6.07) is 7.90. The van der Waals surface area contributed by atoms with Crippen molar-refractivity contribution in [1.82, 2.24) is 15.0 Å². The number of alkyl halides is 3. The first kappa shape index (κ1) is 20.0. The summed E-state index contributed by atoms with van der Waals surface area (Å²) in [5.41, 5.74) is -1.08. The molecule has 30 heavy (non-hydrogen) atoms. The van der Waals surface area contributed by atoms with Gasteiger partial charge in [-0.3, -0.25) is 4.79 Å². The number of hydrogen-bond acceptors (Lipinski definition) is 5. The normalized spacial score (nSPS) is 13.6. The Labute approximate surface area is 173 Å². The lowest BCUT2D eigenvalue weighted by molar-refractivity contribution is -0.137. The lowest BCUT2D eigenvalue weighted by Crippen LogP contribution is -2.13. The molecule has 11 heteroatoms. The first-order chi connectivity index (χ1) is 14.3. The fraction of sp³-hybridized carbons (Fsp3) is 0.211. The summed E-state index contributed by atoms with van der Waals surface area (Å²) >= 11 is 6.20. The maximum atomic E-state index is 13.2. The van der Waals surface area contributed by atoms with Gasteiger partial charge in [0.25, 0.3) is 5.91 Å².